The summed E-state index contributed by atoms with van der Waals surface area (Å²) in [7, 11) is 0. The summed E-state index contributed by atoms with van der Waals surface area (Å²) in [5, 5.41) is 20.7. The van der Waals surface area contributed by atoms with Gasteiger partial charge in [0.2, 0.25) is 5.91 Å². The van der Waals surface area contributed by atoms with E-state index in [2.05, 4.69) is 17.9 Å². The Balaban J connectivity index is 1.85. The maximum absolute atomic E-state index is 10.8. The lowest BCUT2D eigenvalue weighted by atomic mass is 9.88. The second kappa shape index (κ2) is 9.94. The molecule has 0 unspecified atom stereocenters. The minimum Gasteiger partial charge on any atom is -0.392 e. The lowest BCUT2D eigenvalue weighted by Crippen LogP contribution is -2.19. The monoisotopic (exact) mass is 359 g/mol. The van der Waals surface area contributed by atoms with Crippen LogP contribution in [0.25, 0.3) is 0 Å². The zero-order valence-electron chi connectivity index (χ0n) is 16.0. The highest BCUT2D eigenvalue weighted by atomic mass is 16.3. The maximum Gasteiger partial charge on any atom is 0.217 e. The van der Waals surface area contributed by atoms with Crippen LogP contribution in [-0.4, -0.2) is 28.3 Å². The molecule has 2 rings (SSSR count). The van der Waals surface area contributed by atoms with Crippen LogP contribution in [0.4, 0.5) is 0 Å². The number of hydrogen-bond acceptors (Lipinski definition) is 3. The molecule has 4 nitrogen and oxygen atoms in total. The van der Waals surface area contributed by atoms with Gasteiger partial charge in [-0.15, -0.1) is 11.8 Å². The smallest absolute Gasteiger partial charge is 0.217 e. The summed E-state index contributed by atoms with van der Waals surface area (Å²) in [6.45, 7) is 3.80. The van der Waals surface area contributed by atoms with Crippen molar-refractivity contribution in [3.63, 3.8) is 0 Å². The van der Waals surface area contributed by atoms with Crippen LogP contribution >= 0.6 is 0 Å². The Morgan fingerprint density at radius 2 is 2.23 bits per heavy atom. The van der Waals surface area contributed by atoms with E-state index in [9.17, 15) is 15.0 Å². The molecule has 4 N–H and O–H groups in total. The fraction of sp³-hybridized carbons (Fsp3) is 0.682. The second-order valence-electron chi connectivity index (χ2n) is 7.89. The van der Waals surface area contributed by atoms with Crippen molar-refractivity contribution in [3.05, 3.63) is 23.8 Å². The third kappa shape index (κ3) is 5.72. The van der Waals surface area contributed by atoms with Crippen molar-refractivity contribution < 1.29 is 15.0 Å². The molecule has 0 radical (unpaired) electrons. The molecular weight excluding hydrogens is 326 g/mol. The second-order valence-corrected chi connectivity index (χ2v) is 7.89. The number of nitrogens with two attached hydrogens (primary N) is 1. The summed E-state index contributed by atoms with van der Waals surface area (Å²) in [6.07, 6.45) is 11.2. The van der Waals surface area contributed by atoms with E-state index in [1.165, 1.54) is 5.57 Å². The molecule has 1 amide bonds. The third-order valence-electron chi connectivity index (χ3n) is 5.84. The Kier molecular flexibility index (Phi) is 7.93. The number of allylic oxidation sites excluding steroid dienone is 2. The number of amides is 1. The summed E-state index contributed by atoms with van der Waals surface area (Å²) in [5.74, 6) is 6.72. The molecule has 144 valence electrons. The number of fused-ring (bicyclic) bond motifs is 1. The van der Waals surface area contributed by atoms with Gasteiger partial charge >= 0.3 is 0 Å². The Morgan fingerprint density at radius 3 is 2.92 bits per heavy atom. The van der Waals surface area contributed by atoms with Crippen molar-refractivity contribution in [3.8, 4) is 11.8 Å². The molecule has 2 aliphatic rings. The van der Waals surface area contributed by atoms with Crippen LogP contribution in [0, 0.1) is 35.5 Å². The van der Waals surface area contributed by atoms with Gasteiger partial charge in [0.05, 0.1) is 12.2 Å². The van der Waals surface area contributed by atoms with Crippen LogP contribution in [0.5, 0.6) is 0 Å². The normalized spacial score (nSPS) is 29.8. The van der Waals surface area contributed by atoms with Crippen molar-refractivity contribution in [2.45, 2.75) is 71.0 Å². The maximum atomic E-state index is 10.8. The molecule has 0 heterocycles. The van der Waals surface area contributed by atoms with E-state index in [1.54, 1.807) is 0 Å². The molecule has 0 spiro atoms. The fourth-order valence-electron chi connectivity index (χ4n) is 4.26. The first-order valence-electron chi connectivity index (χ1n) is 9.84. The van der Waals surface area contributed by atoms with Crippen LogP contribution < -0.4 is 5.73 Å². The minimum absolute atomic E-state index is 0.0931. The van der Waals surface area contributed by atoms with Crippen molar-refractivity contribution in [1.29, 1.82) is 0 Å². The number of rotatable bonds is 9. The molecule has 26 heavy (non-hydrogen) atoms. The molecule has 0 aromatic carbocycles. The Bertz CT molecular complexity index is 598. The van der Waals surface area contributed by atoms with Crippen molar-refractivity contribution in [1.82, 2.24) is 0 Å². The molecule has 6 atom stereocenters. The number of carbonyl (C=O) groups excluding carboxylic acids is 1. The molecule has 0 aromatic rings. The van der Waals surface area contributed by atoms with E-state index >= 15 is 0 Å². The van der Waals surface area contributed by atoms with E-state index in [0.29, 0.717) is 24.7 Å². The lowest BCUT2D eigenvalue weighted by Gasteiger charge is -2.20. The van der Waals surface area contributed by atoms with Crippen LogP contribution in [0.1, 0.15) is 58.8 Å². The minimum atomic E-state index is -0.523. The fourth-order valence-corrected chi connectivity index (χ4v) is 4.26. The van der Waals surface area contributed by atoms with Gasteiger partial charge in [0.1, 0.15) is 0 Å². The van der Waals surface area contributed by atoms with Crippen LogP contribution in [-0.2, 0) is 4.79 Å². The standard InChI is InChI=1S/C22H33NO3/c1-3-4-7-15(2)20(24)11-10-18-19-13-16(8-5-6-9-22(23)26)12-17(19)14-21(18)25/h10-12,15,17-21,24-25H,5-9,13-14H2,1-2H3,(H2,23,26)/b11-10+/t15-,17-,18+,19-,20+,21+/m0/s1. The first-order chi connectivity index (χ1) is 12.4. The van der Waals surface area contributed by atoms with Gasteiger partial charge in [-0.1, -0.05) is 30.7 Å². The zero-order valence-corrected chi connectivity index (χ0v) is 16.0. The first kappa shape index (κ1) is 20.7. The van der Waals surface area contributed by atoms with Gasteiger partial charge in [0, 0.05) is 18.8 Å². The largest absolute Gasteiger partial charge is 0.392 e. The number of aliphatic hydroxyl groups excluding tert-OH is 2. The number of hydrogen-bond donors (Lipinski definition) is 3. The Labute approximate surface area is 157 Å². The molecule has 0 bridgehead atoms. The quantitative estimate of drug-likeness (QED) is 0.336. The van der Waals surface area contributed by atoms with Gasteiger partial charge in [-0.3, -0.25) is 4.79 Å². The van der Waals surface area contributed by atoms with Crippen molar-refractivity contribution in [2.75, 3.05) is 0 Å². The van der Waals surface area contributed by atoms with Crippen molar-refractivity contribution in [2.24, 2.45) is 29.4 Å². The number of unbranched alkanes of at least 4 members (excludes halogenated alkanes) is 1. The summed E-state index contributed by atoms with van der Waals surface area (Å²) < 4.78 is 0. The molecule has 1 fully saturated rings. The van der Waals surface area contributed by atoms with E-state index in [-0.39, 0.29) is 23.8 Å². The average molecular weight is 360 g/mol. The SMILES string of the molecule is CC#CC[C@H](C)[C@H](O)/C=C/[C@@H]1[C@H]2CC(CCCCC(N)=O)=C[C@H]2C[C@H]1O. The lowest BCUT2D eigenvalue weighted by molar-refractivity contribution is -0.118. The highest BCUT2D eigenvalue weighted by molar-refractivity contribution is 5.73. The summed E-state index contributed by atoms with van der Waals surface area (Å²) in [6, 6.07) is 0. The average Bonchev–Trinajstić information content (AvgIpc) is 3.10. The molecule has 2 aliphatic carbocycles. The van der Waals surface area contributed by atoms with E-state index in [4.69, 9.17) is 5.73 Å². The zero-order chi connectivity index (χ0) is 19.1. The Morgan fingerprint density at radius 1 is 1.46 bits per heavy atom. The van der Waals surface area contributed by atoms with Gasteiger partial charge in [-0.05, 0) is 56.8 Å². The van der Waals surface area contributed by atoms with E-state index in [1.807, 2.05) is 26.0 Å². The number of aliphatic hydroxyl groups is 2. The summed E-state index contributed by atoms with van der Waals surface area (Å²) in [4.78, 5) is 10.8. The highest BCUT2D eigenvalue weighted by Crippen LogP contribution is 2.48. The van der Waals surface area contributed by atoms with Crippen LogP contribution in [0.3, 0.4) is 0 Å². The van der Waals surface area contributed by atoms with E-state index < -0.39 is 6.10 Å². The Hall–Kier alpha value is -1.57. The molecule has 4 heteroatoms. The van der Waals surface area contributed by atoms with E-state index in [0.717, 1.165) is 32.1 Å². The number of carbonyl (C=O) groups is 1. The highest BCUT2D eigenvalue weighted by Gasteiger charge is 2.43. The molecule has 1 saturated carbocycles. The predicted octanol–water partition coefficient (Wildman–Crippen LogP) is 2.94. The van der Waals surface area contributed by atoms with Crippen LogP contribution in [0.2, 0.25) is 0 Å². The molecule has 0 aliphatic heterocycles. The first-order valence-corrected chi connectivity index (χ1v) is 9.84. The summed E-state index contributed by atoms with van der Waals surface area (Å²) >= 11 is 0. The molecule has 0 saturated heterocycles. The van der Waals surface area contributed by atoms with Gasteiger partial charge in [0.25, 0.3) is 0 Å². The summed E-state index contributed by atoms with van der Waals surface area (Å²) in [5.41, 5.74) is 6.63. The van der Waals surface area contributed by atoms with Crippen molar-refractivity contribution >= 4 is 5.91 Å². The number of primary amides is 1. The van der Waals surface area contributed by atoms with Gasteiger partial charge in [0.15, 0.2) is 0 Å². The van der Waals surface area contributed by atoms with Gasteiger partial charge in [-0.2, -0.15) is 0 Å². The van der Waals surface area contributed by atoms with Crippen LogP contribution in [0.15, 0.2) is 23.8 Å². The topological polar surface area (TPSA) is 83.5 Å². The predicted molar refractivity (Wildman–Crippen MR) is 104 cm³/mol. The molecular formula is C22H33NO3. The third-order valence-corrected chi connectivity index (χ3v) is 5.84. The van der Waals surface area contributed by atoms with Gasteiger partial charge in [-0.25, -0.2) is 0 Å². The molecule has 0 aromatic heterocycles. The van der Waals surface area contributed by atoms with Gasteiger partial charge < -0.3 is 15.9 Å².